The Hall–Kier alpha value is -3.10. The second-order valence-electron chi connectivity index (χ2n) is 6.82. The molecule has 5 nitrogen and oxygen atoms in total. The van der Waals surface area contributed by atoms with Gasteiger partial charge >= 0.3 is 12.3 Å². The molecule has 0 bridgehead atoms. The quantitative estimate of drug-likeness (QED) is 0.214. The van der Waals surface area contributed by atoms with Gasteiger partial charge < -0.3 is 18.9 Å². The van der Waals surface area contributed by atoms with E-state index in [9.17, 15) is 18.0 Å². The van der Waals surface area contributed by atoms with E-state index in [0.29, 0.717) is 17.9 Å². The number of halogens is 5. The first kappa shape index (κ1) is 25.5. The van der Waals surface area contributed by atoms with Gasteiger partial charge in [0.2, 0.25) is 0 Å². The van der Waals surface area contributed by atoms with Gasteiger partial charge in [0.25, 0.3) is 0 Å². The number of alkyl halides is 3. The van der Waals surface area contributed by atoms with Crippen molar-refractivity contribution >= 4 is 39.9 Å². The Balaban J connectivity index is 1.49. The van der Waals surface area contributed by atoms with Crippen LogP contribution in [-0.2, 0) is 4.74 Å². The van der Waals surface area contributed by atoms with Crippen molar-refractivity contribution in [1.82, 2.24) is 0 Å². The molecule has 0 aliphatic rings. The highest BCUT2D eigenvalue weighted by Gasteiger charge is 2.31. The number of rotatable bonds is 10. The van der Waals surface area contributed by atoms with Crippen LogP contribution in [0.4, 0.5) is 13.2 Å². The molecule has 10 heteroatoms. The van der Waals surface area contributed by atoms with Gasteiger partial charge in [0, 0.05) is 17.2 Å². The van der Waals surface area contributed by atoms with Gasteiger partial charge in [-0.05, 0) is 42.5 Å². The summed E-state index contributed by atoms with van der Waals surface area (Å²) < 4.78 is 57.2. The van der Waals surface area contributed by atoms with Crippen molar-refractivity contribution in [3.63, 3.8) is 0 Å². The molecule has 0 saturated heterocycles. The zero-order chi connectivity index (χ0) is 24.6. The lowest BCUT2D eigenvalue weighted by Gasteiger charge is -2.12. The molecule has 0 N–H and O–H groups in total. The fraction of sp³-hybridized carbons (Fsp3) is 0.208. The van der Waals surface area contributed by atoms with Crippen molar-refractivity contribution in [2.24, 2.45) is 0 Å². The second-order valence-corrected chi connectivity index (χ2v) is 7.83. The Morgan fingerprint density at radius 1 is 0.853 bits per heavy atom. The Morgan fingerprint density at radius 2 is 1.47 bits per heavy atom. The lowest BCUT2D eigenvalue weighted by molar-refractivity contribution is -0.274. The summed E-state index contributed by atoms with van der Waals surface area (Å²) in [5.74, 6) is 0.215. The molecule has 0 amide bonds. The molecular weight excluding hydrogens is 496 g/mol. The zero-order valence-corrected chi connectivity index (χ0v) is 19.1. The number of hydrogen-bond donors (Lipinski definition) is 0. The van der Waals surface area contributed by atoms with Crippen molar-refractivity contribution in [3.8, 4) is 17.2 Å². The number of benzene rings is 3. The first-order valence-corrected chi connectivity index (χ1v) is 10.8. The molecule has 3 rings (SSSR count). The van der Waals surface area contributed by atoms with Gasteiger partial charge in [-0.25, -0.2) is 4.79 Å². The van der Waals surface area contributed by atoms with Crippen LogP contribution in [0.5, 0.6) is 17.2 Å². The van der Waals surface area contributed by atoms with Crippen molar-refractivity contribution < 1.29 is 36.9 Å². The highest BCUT2D eigenvalue weighted by Crippen LogP contribution is 2.32. The standard InChI is InChI=1S/C24H19Cl2F3O5/c25-22(26)12-15-32-21-7-2-4-18-19(21)5-1-6-20(18)31-13-3-14-33-23(30)16-8-10-17(11-9-16)34-24(27,28)29/h1-2,4-12H,3,13-15H2. The molecule has 3 aromatic rings. The molecular formula is C24H19Cl2F3O5. The third-order valence-corrected chi connectivity index (χ3v) is 4.73. The number of fused-ring (bicyclic) bond motifs is 1. The van der Waals surface area contributed by atoms with Crippen molar-refractivity contribution in [2.75, 3.05) is 19.8 Å². The molecule has 0 heterocycles. The summed E-state index contributed by atoms with van der Waals surface area (Å²) >= 11 is 11.2. The molecule has 0 aromatic heterocycles. The number of esters is 1. The van der Waals surface area contributed by atoms with Crippen LogP contribution in [0.2, 0.25) is 0 Å². The van der Waals surface area contributed by atoms with Crippen LogP contribution in [0.3, 0.4) is 0 Å². The van der Waals surface area contributed by atoms with Crippen LogP contribution in [0.15, 0.2) is 71.2 Å². The minimum Gasteiger partial charge on any atom is -0.493 e. The van der Waals surface area contributed by atoms with Crippen molar-refractivity contribution in [2.45, 2.75) is 12.8 Å². The molecule has 0 saturated carbocycles. The van der Waals surface area contributed by atoms with Gasteiger partial charge in [-0.15, -0.1) is 13.2 Å². The van der Waals surface area contributed by atoms with E-state index in [1.807, 2.05) is 36.4 Å². The number of ether oxygens (including phenoxy) is 4. The van der Waals surface area contributed by atoms with Gasteiger partial charge in [0.1, 0.15) is 28.3 Å². The molecule has 3 aromatic carbocycles. The lowest BCUT2D eigenvalue weighted by atomic mass is 10.1. The first-order chi connectivity index (χ1) is 16.2. The van der Waals surface area contributed by atoms with Gasteiger partial charge in [0.15, 0.2) is 0 Å². The third kappa shape index (κ3) is 7.74. The molecule has 0 fully saturated rings. The SMILES string of the molecule is O=C(OCCCOc1cccc2c(OCC=C(Cl)Cl)cccc12)c1ccc(OC(F)(F)F)cc1. The van der Waals surface area contributed by atoms with Gasteiger partial charge in [0.05, 0.1) is 18.8 Å². The lowest BCUT2D eigenvalue weighted by Crippen LogP contribution is -2.17. The monoisotopic (exact) mass is 514 g/mol. The van der Waals surface area contributed by atoms with E-state index in [1.54, 1.807) is 0 Å². The Kier molecular flexibility index (Phi) is 8.90. The van der Waals surface area contributed by atoms with Crippen molar-refractivity contribution in [3.05, 3.63) is 76.8 Å². The molecule has 0 aliphatic heterocycles. The van der Waals surface area contributed by atoms with Gasteiger partial charge in [-0.2, -0.15) is 0 Å². The Morgan fingerprint density at radius 3 is 2.06 bits per heavy atom. The summed E-state index contributed by atoms with van der Waals surface area (Å²) in [6, 6.07) is 15.6. The van der Waals surface area contributed by atoms with Crippen LogP contribution in [0.1, 0.15) is 16.8 Å². The smallest absolute Gasteiger partial charge is 0.493 e. The van der Waals surface area contributed by atoms with Crippen molar-refractivity contribution in [1.29, 1.82) is 0 Å². The van der Waals surface area contributed by atoms with E-state index in [-0.39, 0.29) is 29.9 Å². The Labute approximate surface area is 203 Å². The summed E-state index contributed by atoms with van der Waals surface area (Å²) in [5, 5.41) is 1.70. The maximum atomic E-state index is 12.2. The Bertz CT molecular complexity index is 1140. The average Bonchev–Trinajstić information content (AvgIpc) is 2.78. The predicted molar refractivity (Wildman–Crippen MR) is 123 cm³/mol. The fourth-order valence-electron chi connectivity index (χ4n) is 2.98. The topological polar surface area (TPSA) is 54.0 Å². The van der Waals surface area contributed by atoms with E-state index >= 15 is 0 Å². The molecule has 0 radical (unpaired) electrons. The summed E-state index contributed by atoms with van der Waals surface area (Å²) in [6.45, 7) is 0.570. The minimum absolute atomic E-state index is 0.0737. The van der Waals surface area contributed by atoms with E-state index < -0.39 is 18.1 Å². The van der Waals surface area contributed by atoms with Gasteiger partial charge in [-0.1, -0.05) is 47.5 Å². The highest BCUT2D eigenvalue weighted by molar-refractivity contribution is 6.55. The summed E-state index contributed by atoms with van der Waals surface area (Å²) in [4.78, 5) is 12.1. The molecule has 0 atom stereocenters. The van der Waals surface area contributed by atoms with E-state index in [1.165, 1.54) is 18.2 Å². The van der Waals surface area contributed by atoms with Crippen LogP contribution < -0.4 is 14.2 Å². The zero-order valence-electron chi connectivity index (χ0n) is 17.6. The number of carbonyl (C=O) groups excluding carboxylic acids is 1. The normalized spacial score (nSPS) is 11.1. The third-order valence-electron chi connectivity index (χ3n) is 4.42. The van der Waals surface area contributed by atoms with E-state index in [4.69, 9.17) is 37.4 Å². The first-order valence-electron chi connectivity index (χ1n) is 10.0. The number of hydrogen-bond acceptors (Lipinski definition) is 5. The molecule has 180 valence electrons. The maximum absolute atomic E-state index is 12.2. The van der Waals surface area contributed by atoms with E-state index in [0.717, 1.165) is 22.9 Å². The van der Waals surface area contributed by atoms with Crippen LogP contribution >= 0.6 is 23.2 Å². The van der Waals surface area contributed by atoms with E-state index in [2.05, 4.69) is 4.74 Å². The summed E-state index contributed by atoms with van der Waals surface area (Å²) in [7, 11) is 0. The second kappa shape index (κ2) is 11.9. The molecule has 0 unspecified atom stereocenters. The highest BCUT2D eigenvalue weighted by atomic mass is 35.5. The maximum Gasteiger partial charge on any atom is 0.573 e. The number of carbonyl (C=O) groups is 1. The van der Waals surface area contributed by atoms with Gasteiger partial charge in [-0.3, -0.25) is 0 Å². The van der Waals surface area contributed by atoms with Crippen LogP contribution in [0.25, 0.3) is 10.8 Å². The fourth-order valence-corrected chi connectivity index (χ4v) is 3.11. The minimum atomic E-state index is -4.80. The average molecular weight is 515 g/mol. The van der Waals surface area contributed by atoms with Crippen LogP contribution in [0, 0.1) is 0 Å². The predicted octanol–water partition coefficient (Wildman–Crippen LogP) is 7.06. The van der Waals surface area contributed by atoms with Crippen LogP contribution in [-0.4, -0.2) is 32.2 Å². The molecule has 34 heavy (non-hydrogen) atoms. The molecule has 0 aliphatic carbocycles. The summed E-state index contributed by atoms with van der Waals surface area (Å²) in [6.07, 6.45) is -2.85. The summed E-state index contributed by atoms with van der Waals surface area (Å²) in [5.41, 5.74) is 0.113. The molecule has 0 spiro atoms. The largest absolute Gasteiger partial charge is 0.573 e.